The standard InChI is InChI=1S/C25H36/c1-3-5-7-15-21-25(22-16-8-6-4-2,23-17-11-9-12-18-23)24-19-13-10-14-20-24/h9-14,17-20H,3-8,15-16,21-22H2,1-2H3. The summed E-state index contributed by atoms with van der Waals surface area (Å²) in [6.07, 6.45) is 13.2. The largest absolute Gasteiger partial charge is 0.0654 e. The Morgan fingerprint density at radius 3 is 1.28 bits per heavy atom. The van der Waals surface area contributed by atoms with Crippen molar-refractivity contribution in [3.63, 3.8) is 0 Å². The molecule has 0 spiro atoms. The van der Waals surface area contributed by atoms with Crippen LogP contribution in [-0.2, 0) is 5.41 Å². The summed E-state index contributed by atoms with van der Waals surface area (Å²) in [5, 5.41) is 0. The highest BCUT2D eigenvalue weighted by Crippen LogP contribution is 2.42. The van der Waals surface area contributed by atoms with Gasteiger partial charge >= 0.3 is 0 Å². The Morgan fingerprint density at radius 1 is 0.520 bits per heavy atom. The first-order chi connectivity index (χ1) is 12.3. The minimum absolute atomic E-state index is 0.185. The second kappa shape index (κ2) is 11.1. The molecule has 2 aromatic rings. The molecule has 0 unspecified atom stereocenters. The zero-order chi connectivity index (χ0) is 17.8. The molecule has 0 radical (unpaired) electrons. The molecule has 0 aliphatic carbocycles. The monoisotopic (exact) mass is 336 g/mol. The first-order valence-corrected chi connectivity index (χ1v) is 10.4. The molecule has 0 aliphatic heterocycles. The van der Waals surface area contributed by atoms with Gasteiger partial charge in [-0.2, -0.15) is 0 Å². The van der Waals surface area contributed by atoms with Crippen molar-refractivity contribution in [1.82, 2.24) is 0 Å². The van der Waals surface area contributed by atoms with Crippen molar-refractivity contribution < 1.29 is 0 Å². The fourth-order valence-electron chi connectivity index (χ4n) is 4.09. The van der Waals surface area contributed by atoms with Crippen LogP contribution in [0.2, 0.25) is 0 Å². The van der Waals surface area contributed by atoms with E-state index in [9.17, 15) is 0 Å². The molecule has 136 valence electrons. The van der Waals surface area contributed by atoms with E-state index in [0.717, 1.165) is 0 Å². The minimum Gasteiger partial charge on any atom is -0.0654 e. The molecular formula is C25H36. The molecule has 0 N–H and O–H groups in total. The van der Waals surface area contributed by atoms with Gasteiger partial charge in [-0.25, -0.2) is 0 Å². The molecule has 0 bridgehead atoms. The summed E-state index contributed by atoms with van der Waals surface area (Å²) in [4.78, 5) is 0. The van der Waals surface area contributed by atoms with E-state index in [-0.39, 0.29) is 5.41 Å². The van der Waals surface area contributed by atoms with Crippen molar-refractivity contribution in [2.75, 3.05) is 0 Å². The Bertz CT molecular complexity index is 502. The predicted octanol–water partition coefficient (Wildman–Crippen LogP) is 7.91. The third-order valence-electron chi connectivity index (χ3n) is 5.57. The van der Waals surface area contributed by atoms with Crippen LogP contribution in [0.3, 0.4) is 0 Å². The van der Waals surface area contributed by atoms with Crippen LogP contribution in [0.4, 0.5) is 0 Å². The summed E-state index contributed by atoms with van der Waals surface area (Å²) in [6.45, 7) is 4.60. The van der Waals surface area contributed by atoms with Crippen molar-refractivity contribution in [2.45, 2.75) is 83.5 Å². The predicted molar refractivity (Wildman–Crippen MR) is 111 cm³/mol. The normalized spacial score (nSPS) is 11.6. The molecule has 0 nitrogen and oxygen atoms in total. The summed E-state index contributed by atoms with van der Waals surface area (Å²) >= 11 is 0. The lowest BCUT2D eigenvalue weighted by Gasteiger charge is -2.36. The highest BCUT2D eigenvalue weighted by Gasteiger charge is 2.32. The van der Waals surface area contributed by atoms with E-state index < -0.39 is 0 Å². The molecule has 0 saturated carbocycles. The van der Waals surface area contributed by atoms with Crippen LogP contribution in [0, 0.1) is 0 Å². The summed E-state index contributed by atoms with van der Waals surface area (Å²) in [5.41, 5.74) is 3.20. The van der Waals surface area contributed by atoms with Gasteiger partial charge in [0.25, 0.3) is 0 Å². The van der Waals surface area contributed by atoms with Crippen LogP contribution in [0.1, 0.15) is 89.2 Å². The molecule has 0 amide bonds. The maximum Gasteiger partial charge on any atom is 0.0202 e. The zero-order valence-electron chi connectivity index (χ0n) is 16.3. The fourth-order valence-corrected chi connectivity index (χ4v) is 4.09. The van der Waals surface area contributed by atoms with E-state index in [0.29, 0.717) is 0 Å². The first kappa shape index (κ1) is 19.8. The van der Waals surface area contributed by atoms with E-state index in [1.54, 1.807) is 0 Å². The van der Waals surface area contributed by atoms with E-state index in [1.165, 1.54) is 75.3 Å². The third kappa shape index (κ3) is 5.73. The number of benzene rings is 2. The van der Waals surface area contributed by atoms with Gasteiger partial charge in [0.2, 0.25) is 0 Å². The number of rotatable bonds is 12. The first-order valence-electron chi connectivity index (χ1n) is 10.4. The lowest BCUT2D eigenvalue weighted by atomic mass is 9.68. The summed E-state index contributed by atoms with van der Waals surface area (Å²) in [6, 6.07) is 22.6. The molecule has 0 heterocycles. The molecule has 0 fully saturated rings. The topological polar surface area (TPSA) is 0 Å². The smallest absolute Gasteiger partial charge is 0.0202 e. The van der Waals surface area contributed by atoms with Crippen LogP contribution in [-0.4, -0.2) is 0 Å². The minimum atomic E-state index is 0.185. The van der Waals surface area contributed by atoms with Gasteiger partial charge in [0.1, 0.15) is 0 Å². The molecule has 2 aromatic carbocycles. The molecule has 0 heteroatoms. The van der Waals surface area contributed by atoms with Crippen LogP contribution >= 0.6 is 0 Å². The molecule has 25 heavy (non-hydrogen) atoms. The summed E-state index contributed by atoms with van der Waals surface area (Å²) in [5.74, 6) is 0. The Labute approximate surface area is 155 Å². The van der Waals surface area contributed by atoms with Crippen molar-refractivity contribution in [3.05, 3.63) is 71.8 Å². The molecule has 0 aromatic heterocycles. The van der Waals surface area contributed by atoms with Crippen LogP contribution in [0.25, 0.3) is 0 Å². The summed E-state index contributed by atoms with van der Waals surface area (Å²) < 4.78 is 0. The molecular weight excluding hydrogens is 300 g/mol. The maximum atomic E-state index is 2.35. The number of unbranched alkanes of at least 4 members (excludes halogenated alkanes) is 6. The number of hydrogen-bond donors (Lipinski definition) is 0. The SMILES string of the molecule is CCCCCCC(CCCCCC)(c1ccccc1)c1ccccc1. The lowest BCUT2D eigenvalue weighted by Crippen LogP contribution is -2.28. The molecule has 0 aliphatic rings. The second-order valence-electron chi connectivity index (χ2n) is 7.44. The third-order valence-corrected chi connectivity index (χ3v) is 5.57. The van der Waals surface area contributed by atoms with Crippen molar-refractivity contribution >= 4 is 0 Å². The van der Waals surface area contributed by atoms with Gasteiger partial charge in [-0.3, -0.25) is 0 Å². The molecule has 2 rings (SSSR count). The van der Waals surface area contributed by atoms with E-state index in [1.807, 2.05) is 0 Å². The average Bonchev–Trinajstić information content (AvgIpc) is 2.68. The van der Waals surface area contributed by atoms with Gasteiger partial charge in [0, 0.05) is 5.41 Å². The summed E-state index contributed by atoms with van der Waals surface area (Å²) in [7, 11) is 0. The van der Waals surface area contributed by atoms with Gasteiger partial charge in [-0.1, -0.05) is 126 Å². The van der Waals surface area contributed by atoms with Gasteiger partial charge in [0.15, 0.2) is 0 Å². The maximum absolute atomic E-state index is 2.35. The Balaban J connectivity index is 2.30. The average molecular weight is 337 g/mol. The molecule has 0 saturated heterocycles. The van der Waals surface area contributed by atoms with Crippen LogP contribution < -0.4 is 0 Å². The zero-order valence-corrected chi connectivity index (χ0v) is 16.3. The van der Waals surface area contributed by atoms with Crippen molar-refractivity contribution in [1.29, 1.82) is 0 Å². The van der Waals surface area contributed by atoms with Crippen LogP contribution in [0.5, 0.6) is 0 Å². The van der Waals surface area contributed by atoms with E-state index in [2.05, 4.69) is 74.5 Å². The van der Waals surface area contributed by atoms with E-state index >= 15 is 0 Å². The highest BCUT2D eigenvalue weighted by molar-refractivity contribution is 5.39. The quantitative estimate of drug-likeness (QED) is 0.345. The van der Waals surface area contributed by atoms with Gasteiger partial charge in [-0.05, 0) is 24.0 Å². The Kier molecular flexibility index (Phi) is 8.80. The van der Waals surface area contributed by atoms with Crippen LogP contribution in [0.15, 0.2) is 60.7 Å². The van der Waals surface area contributed by atoms with Gasteiger partial charge in [-0.15, -0.1) is 0 Å². The Morgan fingerprint density at radius 2 is 0.920 bits per heavy atom. The Hall–Kier alpha value is -1.56. The number of hydrogen-bond acceptors (Lipinski definition) is 0. The highest BCUT2D eigenvalue weighted by atomic mass is 14.4. The fraction of sp³-hybridized carbons (Fsp3) is 0.520. The van der Waals surface area contributed by atoms with Gasteiger partial charge in [0.05, 0.1) is 0 Å². The van der Waals surface area contributed by atoms with Crippen molar-refractivity contribution in [2.24, 2.45) is 0 Å². The van der Waals surface area contributed by atoms with Crippen molar-refractivity contribution in [3.8, 4) is 0 Å². The molecule has 0 atom stereocenters. The van der Waals surface area contributed by atoms with Gasteiger partial charge < -0.3 is 0 Å². The lowest BCUT2D eigenvalue weighted by molar-refractivity contribution is 0.393. The van der Waals surface area contributed by atoms with E-state index in [4.69, 9.17) is 0 Å². The second-order valence-corrected chi connectivity index (χ2v) is 7.44.